The molecule has 1 aromatic heterocycles. The third kappa shape index (κ3) is 4.47. The van der Waals surface area contributed by atoms with Gasteiger partial charge in [-0.2, -0.15) is 0 Å². The van der Waals surface area contributed by atoms with Crippen molar-refractivity contribution in [2.24, 2.45) is 5.41 Å². The molecule has 24 heavy (non-hydrogen) atoms. The maximum atomic E-state index is 12.6. The molecule has 0 spiro atoms. The van der Waals surface area contributed by atoms with E-state index < -0.39 is 0 Å². The minimum atomic E-state index is -0.186. The lowest BCUT2D eigenvalue weighted by atomic mass is 9.77. The summed E-state index contributed by atoms with van der Waals surface area (Å²) in [5.74, 6) is 0.955. The van der Waals surface area contributed by atoms with Gasteiger partial charge in [-0.25, -0.2) is 0 Å². The maximum absolute atomic E-state index is 12.6. The molecule has 2 heterocycles. The Balaban J connectivity index is 1.97. The molecule has 2 rings (SSSR count). The van der Waals surface area contributed by atoms with E-state index in [4.69, 9.17) is 4.52 Å². The van der Waals surface area contributed by atoms with Gasteiger partial charge in [-0.3, -0.25) is 4.79 Å². The second-order valence-electron chi connectivity index (χ2n) is 7.37. The van der Waals surface area contributed by atoms with Crippen LogP contribution in [0.1, 0.15) is 56.5 Å². The number of aliphatic hydroxyl groups excluding tert-OH is 1. The van der Waals surface area contributed by atoms with Crippen LogP contribution in [0.4, 0.5) is 0 Å². The molecule has 0 radical (unpaired) electrons. The number of aromatic nitrogens is 1. The number of carbonyl (C=O) groups is 1. The van der Waals surface area contributed by atoms with Crippen molar-refractivity contribution in [3.63, 3.8) is 0 Å². The van der Waals surface area contributed by atoms with Gasteiger partial charge in [-0.05, 0) is 53.4 Å². The first-order valence-electron chi connectivity index (χ1n) is 8.80. The van der Waals surface area contributed by atoms with Crippen LogP contribution in [-0.2, 0) is 11.2 Å². The minimum absolute atomic E-state index is 0.129. The summed E-state index contributed by atoms with van der Waals surface area (Å²) in [5, 5.41) is 13.9. The number of piperidine rings is 1. The van der Waals surface area contributed by atoms with Crippen molar-refractivity contribution in [1.29, 1.82) is 0 Å². The average molecular weight is 334 g/mol. The van der Waals surface area contributed by atoms with Crippen LogP contribution in [0.2, 0.25) is 0 Å². The molecule has 1 aliphatic heterocycles. The second kappa shape index (κ2) is 7.97. The first-order chi connectivity index (χ1) is 11.4. The first kappa shape index (κ1) is 18.7. The summed E-state index contributed by atoms with van der Waals surface area (Å²) >= 11 is 0. The van der Waals surface area contributed by atoms with Crippen molar-refractivity contribution >= 4 is 5.91 Å². The molecule has 0 aliphatic carbocycles. The SMILES string of the molecule is CC(C)=CCC1(CO)CCCN(C(=O)CCc2c(C)noc2C)C1. The number of amides is 1. The van der Waals surface area contributed by atoms with Gasteiger partial charge >= 0.3 is 0 Å². The van der Waals surface area contributed by atoms with Gasteiger partial charge in [0.1, 0.15) is 5.76 Å². The van der Waals surface area contributed by atoms with E-state index >= 15 is 0 Å². The van der Waals surface area contributed by atoms with Crippen LogP contribution in [-0.4, -0.2) is 40.8 Å². The lowest BCUT2D eigenvalue weighted by Crippen LogP contribution is -2.47. The molecule has 134 valence electrons. The monoisotopic (exact) mass is 334 g/mol. The highest BCUT2D eigenvalue weighted by molar-refractivity contribution is 5.76. The Morgan fingerprint density at radius 2 is 2.17 bits per heavy atom. The highest BCUT2D eigenvalue weighted by atomic mass is 16.5. The molecule has 5 heteroatoms. The van der Waals surface area contributed by atoms with Crippen molar-refractivity contribution < 1.29 is 14.4 Å². The minimum Gasteiger partial charge on any atom is -0.396 e. The molecular formula is C19H30N2O3. The quantitative estimate of drug-likeness (QED) is 0.811. The first-order valence-corrected chi connectivity index (χ1v) is 8.80. The van der Waals surface area contributed by atoms with Gasteiger partial charge in [0, 0.05) is 30.5 Å². The number of carbonyl (C=O) groups excluding carboxylic acids is 1. The zero-order chi connectivity index (χ0) is 17.7. The van der Waals surface area contributed by atoms with E-state index in [9.17, 15) is 9.90 Å². The van der Waals surface area contributed by atoms with E-state index in [0.29, 0.717) is 19.4 Å². The number of likely N-dealkylation sites (tertiary alicyclic amines) is 1. The second-order valence-corrected chi connectivity index (χ2v) is 7.37. The lowest BCUT2D eigenvalue weighted by molar-refractivity contribution is -0.135. The van der Waals surface area contributed by atoms with Gasteiger partial charge in [-0.1, -0.05) is 16.8 Å². The summed E-state index contributed by atoms with van der Waals surface area (Å²) in [7, 11) is 0. The summed E-state index contributed by atoms with van der Waals surface area (Å²) in [6.07, 6.45) is 6.06. The van der Waals surface area contributed by atoms with E-state index in [1.165, 1.54) is 5.57 Å². The Labute approximate surface area is 144 Å². The van der Waals surface area contributed by atoms with E-state index in [1.807, 2.05) is 18.7 Å². The maximum Gasteiger partial charge on any atom is 0.222 e. The number of hydrogen-bond donors (Lipinski definition) is 1. The van der Waals surface area contributed by atoms with Crippen LogP contribution in [0.5, 0.6) is 0 Å². The zero-order valence-electron chi connectivity index (χ0n) is 15.4. The summed E-state index contributed by atoms with van der Waals surface area (Å²) in [4.78, 5) is 14.6. The molecule has 1 aliphatic rings. The molecule has 1 fully saturated rings. The molecular weight excluding hydrogens is 304 g/mol. The van der Waals surface area contributed by atoms with Crippen molar-refractivity contribution in [2.75, 3.05) is 19.7 Å². The summed E-state index contributed by atoms with van der Waals surface area (Å²) < 4.78 is 5.16. The third-order valence-electron chi connectivity index (χ3n) is 5.06. The largest absolute Gasteiger partial charge is 0.396 e. The summed E-state index contributed by atoms with van der Waals surface area (Å²) in [6.45, 7) is 9.50. The summed E-state index contributed by atoms with van der Waals surface area (Å²) in [6, 6.07) is 0. The van der Waals surface area contributed by atoms with Gasteiger partial charge in [-0.15, -0.1) is 0 Å². The van der Waals surface area contributed by atoms with Gasteiger partial charge < -0.3 is 14.5 Å². The number of nitrogens with zero attached hydrogens (tertiary/aromatic N) is 2. The predicted molar refractivity (Wildman–Crippen MR) is 93.7 cm³/mol. The van der Waals surface area contributed by atoms with Gasteiger partial charge in [0.05, 0.1) is 12.3 Å². The van der Waals surface area contributed by atoms with Crippen LogP contribution in [0.3, 0.4) is 0 Å². The Kier molecular flexibility index (Phi) is 6.21. The average Bonchev–Trinajstić information content (AvgIpc) is 2.89. The Morgan fingerprint density at radius 3 is 2.75 bits per heavy atom. The highest BCUT2D eigenvalue weighted by Crippen LogP contribution is 2.34. The molecule has 1 unspecified atom stereocenters. The van der Waals surface area contributed by atoms with Crippen LogP contribution >= 0.6 is 0 Å². The highest BCUT2D eigenvalue weighted by Gasteiger charge is 2.35. The smallest absolute Gasteiger partial charge is 0.222 e. The lowest BCUT2D eigenvalue weighted by Gasteiger charge is -2.41. The molecule has 1 amide bonds. The van der Waals surface area contributed by atoms with Crippen molar-refractivity contribution in [2.45, 2.75) is 59.8 Å². The molecule has 5 nitrogen and oxygen atoms in total. The zero-order valence-corrected chi connectivity index (χ0v) is 15.4. The van der Waals surface area contributed by atoms with Crippen molar-refractivity contribution in [1.82, 2.24) is 10.1 Å². The van der Waals surface area contributed by atoms with Gasteiger partial charge in [0.15, 0.2) is 0 Å². The fourth-order valence-corrected chi connectivity index (χ4v) is 3.45. The summed E-state index contributed by atoms with van der Waals surface area (Å²) in [5.41, 5.74) is 2.98. The van der Waals surface area contributed by atoms with E-state index in [2.05, 4.69) is 25.1 Å². The van der Waals surface area contributed by atoms with Gasteiger partial charge in [0.25, 0.3) is 0 Å². The van der Waals surface area contributed by atoms with E-state index in [0.717, 1.165) is 42.8 Å². The van der Waals surface area contributed by atoms with Crippen molar-refractivity contribution in [3.8, 4) is 0 Å². The molecule has 0 aromatic carbocycles. The molecule has 1 saturated heterocycles. The molecule has 1 N–H and O–H groups in total. The Bertz CT molecular complexity index is 582. The number of aryl methyl sites for hydroxylation is 2. The van der Waals surface area contributed by atoms with Crippen LogP contribution in [0.25, 0.3) is 0 Å². The van der Waals surface area contributed by atoms with E-state index in [-0.39, 0.29) is 17.9 Å². The van der Waals surface area contributed by atoms with E-state index in [1.54, 1.807) is 0 Å². The molecule has 0 bridgehead atoms. The van der Waals surface area contributed by atoms with Crippen LogP contribution < -0.4 is 0 Å². The fourth-order valence-electron chi connectivity index (χ4n) is 3.45. The number of allylic oxidation sites excluding steroid dienone is 2. The fraction of sp³-hybridized carbons (Fsp3) is 0.684. The number of aliphatic hydroxyl groups is 1. The number of hydrogen-bond acceptors (Lipinski definition) is 4. The molecule has 0 saturated carbocycles. The number of rotatable bonds is 6. The van der Waals surface area contributed by atoms with Crippen LogP contribution in [0.15, 0.2) is 16.2 Å². The van der Waals surface area contributed by atoms with Crippen molar-refractivity contribution in [3.05, 3.63) is 28.7 Å². The molecule has 1 atom stereocenters. The normalized spacial score (nSPS) is 21.0. The van der Waals surface area contributed by atoms with Gasteiger partial charge in [0.2, 0.25) is 5.91 Å². The molecule has 1 aromatic rings. The third-order valence-corrected chi connectivity index (χ3v) is 5.06. The predicted octanol–water partition coefficient (Wildman–Crippen LogP) is 3.18. The van der Waals surface area contributed by atoms with Crippen LogP contribution in [0, 0.1) is 19.3 Å². The Morgan fingerprint density at radius 1 is 1.42 bits per heavy atom. The standard InChI is InChI=1S/C19H30N2O3/c1-14(2)8-10-19(13-22)9-5-11-21(12-19)18(23)7-6-17-15(3)20-24-16(17)4/h8,22H,5-7,9-13H2,1-4H3. The topological polar surface area (TPSA) is 66.6 Å². The Hall–Kier alpha value is -1.62.